The molecular weight excluding hydrogens is 320 g/mol. The summed E-state index contributed by atoms with van der Waals surface area (Å²) in [4.78, 5) is 38.5. The molecule has 25 heavy (non-hydrogen) atoms. The molecule has 0 radical (unpaired) electrons. The number of carbonyl (C=O) groups excluding carboxylic acids is 3. The molecule has 0 saturated carbocycles. The molecule has 6 nitrogen and oxygen atoms in total. The molecule has 3 saturated heterocycles. The zero-order chi connectivity index (χ0) is 17.6. The Kier molecular flexibility index (Phi) is 4.07. The van der Waals surface area contributed by atoms with Crippen LogP contribution in [-0.4, -0.2) is 41.4 Å². The van der Waals surface area contributed by atoms with Gasteiger partial charge in [-0.2, -0.15) is 0 Å². The highest BCUT2D eigenvalue weighted by atomic mass is 16.5. The summed E-state index contributed by atoms with van der Waals surface area (Å²) >= 11 is 0. The first-order chi connectivity index (χ1) is 12.1. The monoisotopic (exact) mass is 342 g/mol. The highest BCUT2D eigenvalue weighted by molar-refractivity contribution is 6.06. The Balaban J connectivity index is 1.36. The van der Waals surface area contributed by atoms with E-state index in [1.165, 1.54) is 4.90 Å². The van der Waals surface area contributed by atoms with Crippen LogP contribution >= 0.6 is 0 Å². The minimum absolute atomic E-state index is 0.109. The minimum atomic E-state index is -0.324. The summed E-state index contributed by atoms with van der Waals surface area (Å²) in [6.45, 7) is 2.20. The Hall–Kier alpha value is -2.21. The van der Waals surface area contributed by atoms with E-state index in [4.69, 9.17) is 4.74 Å². The predicted molar refractivity (Wildman–Crippen MR) is 90.7 cm³/mol. The second-order valence-electron chi connectivity index (χ2n) is 7.02. The van der Waals surface area contributed by atoms with Crippen molar-refractivity contribution < 1.29 is 19.1 Å². The van der Waals surface area contributed by atoms with Crippen LogP contribution in [-0.2, 0) is 25.5 Å². The first-order valence-corrected chi connectivity index (χ1v) is 8.98. The van der Waals surface area contributed by atoms with Gasteiger partial charge < -0.3 is 10.1 Å². The molecule has 4 rings (SSSR count). The summed E-state index contributed by atoms with van der Waals surface area (Å²) in [5, 5.41) is 2.84. The molecule has 1 aromatic carbocycles. The molecule has 132 valence electrons. The summed E-state index contributed by atoms with van der Waals surface area (Å²) in [6, 6.07) is 7.68. The maximum absolute atomic E-state index is 12.5. The third kappa shape index (κ3) is 2.74. The normalized spacial score (nSPS) is 30.0. The maximum atomic E-state index is 12.5. The average molecular weight is 342 g/mol. The van der Waals surface area contributed by atoms with Gasteiger partial charge in [-0.1, -0.05) is 19.1 Å². The van der Waals surface area contributed by atoms with Gasteiger partial charge in [0, 0.05) is 18.7 Å². The van der Waals surface area contributed by atoms with Gasteiger partial charge in [0.25, 0.3) is 0 Å². The van der Waals surface area contributed by atoms with E-state index in [-0.39, 0.29) is 54.7 Å². The standard InChI is InChI=1S/C19H22N2O4/c1-2-11-4-3-5-12(10-11)20-15(22)8-9-21-18(23)16-13-6-7-14(25-13)17(16)19(21)24/h3-5,10,13-14,16-17H,2,6-9H2,1H3,(H,20,22)/t13-,14-,16+,17+/m1/s1. The van der Waals surface area contributed by atoms with Gasteiger partial charge in [0.2, 0.25) is 17.7 Å². The van der Waals surface area contributed by atoms with Gasteiger partial charge in [-0.25, -0.2) is 0 Å². The lowest BCUT2D eigenvalue weighted by atomic mass is 9.81. The number of rotatable bonds is 5. The topological polar surface area (TPSA) is 75.7 Å². The van der Waals surface area contributed by atoms with E-state index in [1.807, 2.05) is 24.3 Å². The highest BCUT2D eigenvalue weighted by Crippen LogP contribution is 2.48. The number of imide groups is 1. The van der Waals surface area contributed by atoms with Gasteiger partial charge >= 0.3 is 0 Å². The fourth-order valence-electron chi connectivity index (χ4n) is 4.30. The Bertz CT molecular complexity index is 704. The first-order valence-electron chi connectivity index (χ1n) is 8.98. The second-order valence-corrected chi connectivity index (χ2v) is 7.02. The third-order valence-corrected chi connectivity index (χ3v) is 5.56. The molecular formula is C19H22N2O4. The van der Waals surface area contributed by atoms with E-state index in [1.54, 1.807) is 0 Å². The number of nitrogens with zero attached hydrogens (tertiary/aromatic N) is 1. The fourth-order valence-corrected chi connectivity index (χ4v) is 4.30. The van der Waals surface area contributed by atoms with Crippen molar-refractivity contribution in [2.45, 2.75) is 44.8 Å². The van der Waals surface area contributed by atoms with Gasteiger partial charge in [0.1, 0.15) is 0 Å². The Morgan fingerprint density at radius 2 is 1.88 bits per heavy atom. The molecule has 0 unspecified atom stereocenters. The lowest BCUT2D eigenvalue weighted by molar-refractivity contribution is -0.142. The quantitative estimate of drug-likeness (QED) is 0.827. The van der Waals surface area contributed by atoms with Crippen LogP contribution in [0.1, 0.15) is 31.7 Å². The smallest absolute Gasteiger partial charge is 0.235 e. The van der Waals surface area contributed by atoms with Crippen molar-refractivity contribution in [2.24, 2.45) is 11.8 Å². The zero-order valence-electron chi connectivity index (χ0n) is 14.2. The number of benzene rings is 1. The van der Waals surface area contributed by atoms with Crippen LogP contribution in [0.25, 0.3) is 0 Å². The SMILES string of the molecule is CCc1cccc(NC(=O)CCN2C(=O)[C@@H]3[C@@H](C2=O)[C@H]2CC[C@H]3O2)c1. The van der Waals surface area contributed by atoms with Crippen LogP contribution in [0.5, 0.6) is 0 Å². The molecule has 3 heterocycles. The van der Waals surface area contributed by atoms with Crippen molar-refractivity contribution in [3.63, 3.8) is 0 Å². The molecule has 3 aliphatic rings. The number of fused-ring (bicyclic) bond motifs is 5. The van der Waals surface area contributed by atoms with Gasteiger partial charge in [-0.05, 0) is 37.0 Å². The number of carbonyl (C=O) groups is 3. The molecule has 0 aliphatic carbocycles. The van der Waals surface area contributed by atoms with Gasteiger partial charge in [0.05, 0.1) is 24.0 Å². The van der Waals surface area contributed by atoms with E-state index in [9.17, 15) is 14.4 Å². The van der Waals surface area contributed by atoms with Crippen LogP contribution in [0.3, 0.4) is 0 Å². The Labute approximate surface area is 146 Å². The van der Waals surface area contributed by atoms with Crippen molar-refractivity contribution in [3.05, 3.63) is 29.8 Å². The second kappa shape index (κ2) is 6.26. The van der Waals surface area contributed by atoms with Crippen molar-refractivity contribution in [1.82, 2.24) is 4.90 Å². The minimum Gasteiger partial charge on any atom is -0.373 e. The maximum Gasteiger partial charge on any atom is 0.235 e. The molecule has 0 spiro atoms. The van der Waals surface area contributed by atoms with Crippen LogP contribution in [0.15, 0.2) is 24.3 Å². The number of anilines is 1. The molecule has 1 aromatic rings. The van der Waals surface area contributed by atoms with Crippen molar-refractivity contribution in [2.75, 3.05) is 11.9 Å². The fraction of sp³-hybridized carbons (Fsp3) is 0.526. The summed E-state index contributed by atoms with van der Waals surface area (Å²) < 4.78 is 5.71. The lowest BCUT2D eigenvalue weighted by Crippen LogP contribution is -2.36. The Morgan fingerprint density at radius 1 is 1.20 bits per heavy atom. The van der Waals surface area contributed by atoms with Crippen LogP contribution < -0.4 is 5.32 Å². The molecule has 3 amide bonds. The highest BCUT2D eigenvalue weighted by Gasteiger charge is 2.62. The lowest BCUT2D eigenvalue weighted by Gasteiger charge is -2.17. The molecule has 3 aliphatic heterocycles. The predicted octanol–water partition coefficient (Wildman–Crippen LogP) is 1.74. The van der Waals surface area contributed by atoms with Crippen molar-refractivity contribution in [3.8, 4) is 0 Å². The van der Waals surface area contributed by atoms with Gasteiger partial charge in [0.15, 0.2) is 0 Å². The molecule has 4 atom stereocenters. The van der Waals surface area contributed by atoms with E-state index in [0.29, 0.717) is 0 Å². The van der Waals surface area contributed by atoms with Gasteiger partial charge in [-0.15, -0.1) is 0 Å². The van der Waals surface area contributed by atoms with E-state index < -0.39 is 0 Å². The molecule has 2 bridgehead atoms. The Morgan fingerprint density at radius 3 is 2.52 bits per heavy atom. The number of hydrogen-bond donors (Lipinski definition) is 1. The van der Waals surface area contributed by atoms with Gasteiger partial charge in [-0.3, -0.25) is 19.3 Å². The summed E-state index contributed by atoms with van der Waals surface area (Å²) in [6.07, 6.45) is 2.50. The number of likely N-dealkylation sites (tertiary alicyclic amines) is 1. The van der Waals surface area contributed by atoms with E-state index >= 15 is 0 Å². The average Bonchev–Trinajstić information content (AvgIpc) is 3.28. The van der Waals surface area contributed by atoms with Crippen LogP contribution in [0.4, 0.5) is 5.69 Å². The molecule has 3 fully saturated rings. The zero-order valence-corrected chi connectivity index (χ0v) is 14.2. The largest absolute Gasteiger partial charge is 0.373 e. The number of hydrogen-bond acceptors (Lipinski definition) is 4. The van der Waals surface area contributed by atoms with E-state index in [2.05, 4.69) is 12.2 Å². The van der Waals surface area contributed by atoms with Crippen molar-refractivity contribution in [1.29, 1.82) is 0 Å². The number of amides is 3. The number of ether oxygens (including phenoxy) is 1. The molecule has 0 aromatic heterocycles. The number of aryl methyl sites for hydroxylation is 1. The molecule has 1 N–H and O–H groups in total. The summed E-state index contributed by atoms with van der Waals surface area (Å²) in [5.41, 5.74) is 1.89. The van der Waals surface area contributed by atoms with Crippen LogP contribution in [0, 0.1) is 11.8 Å². The van der Waals surface area contributed by atoms with E-state index in [0.717, 1.165) is 30.5 Å². The third-order valence-electron chi connectivity index (χ3n) is 5.56. The first kappa shape index (κ1) is 16.3. The summed E-state index contributed by atoms with van der Waals surface area (Å²) in [7, 11) is 0. The van der Waals surface area contributed by atoms with Crippen LogP contribution in [0.2, 0.25) is 0 Å². The van der Waals surface area contributed by atoms with Crippen molar-refractivity contribution >= 4 is 23.4 Å². The number of nitrogens with one attached hydrogen (secondary N) is 1. The summed E-state index contributed by atoms with van der Waals surface area (Å²) in [5.74, 6) is -1.16. The molecule has 6 heteroatoms.